The number of hydrogen-bond acceptors (Lipinski definition) is 6. The minimum atomic E-state index is -4.46. The molecule has 2 aliphatic carbocycles. The maximum atomic E-state index is 14.0. The summed E-state index contributed by atoms with van der Waals surface area (Å²) < 4.78 is 67.0. The van der Waals surface area contributed by atoms with Crippen molar-refractivity contribution in [2.45, 2.75) is 101 Å². The molecule has 11 heteroatoms. The molecule has 7 nitrogen and oxygen atoms in total. The van der Waals surface area contributed by atoms with E-state index in [1.54, 1.807) is 14.2 Å². The van der Waals surface area contributed by atoms with Crippen LogP contribution in [0.5, 0.6) is 0 Å². The Kier molecular flexibility index (Phi) is 10.3. The highest BCUT2D eigenvalue weighted by molar-refractivity contribution is 5.83. The summed E-state index contributed by atoms with van der Waals surface area (Å²) in [6.07, 6.45) is -0.533. The van der Waals surface area contributed by atoms with Crippen molar-refractivity contribution >= 4 is 11.7 Å². The van der Waals surface area contributed by atoms with Crippen molar-refractivity contribution in [3.63, 3.8) is 0 Å². The van der Waals surface area contributed by atoms with E-state index < -0.39 is 42.7 Å². The third kappa shape index (κ3) is 7.81. The van der Waals surface area contributed by atoms with E-state index in [0.717, 1.165) is 44.5 Å². The highest BCUT2D eigenvalue weighted by Crippen LogP contribution is 2.45. The number of nitrogens with zero attached hydrogens (tertiary/aromatic N) is 1. The molecular weight excluding hydrogens is 504 g/mol. The van der Waals surface area contributed by atoms with Crippen molar-refractivity contribution in [2.75, 3.05) is 33.9 Å². The summed E-state index contributed by atoms with van der Waals surface area (Å²) >= 11 is 0. The van der Waals surface area contributed by atoms with E-state index >= 15 is 0 Å². The Morgan fingerprint density at radius 2 is 1.71 bits per heavy atom. The molecule has 8 unspecified atom stereocenters. The fraction of sp³-hybridized carbons (Fsp3) is 0.926. The lowest BCUT2D eigenvalue weighted by Crippen LogP contribution is -2.59. The second kappa shape index (κ2) is 13.3. The van der Waals surface area contributed by atoms with Crippen LogP contribution in [0, 0.1) is 23.7 Å². The number of halogens is 4. The number of carbonyl (C=O) groups excluding carboxylic acids is 1. The second-order valence-corrected chi connectivity index (χ2v) is 11.7. The first-order valence-electron chi connectivity index (χ1n) is 14.2. The zero-order valence-corrected chi connectivity index (χ0v) is 22.6. The summed E-state index contributed by atoms with van der Waals surface area (Å²) in [4.78, 5) is 17.8. The lowest BCUT2D eigenvalue weighted by atomic mass is 9.70. The topological polar surface area (TPSA) is 84.0 Å². The Morgan fingerprint density at radius 1 is 1.00 bits per heavy atom. The van der Waals surface area contributed by atoms with Gasteiger partial charge in [0.15, 0.2) is 0 Å². The number of nitrogens with one attached hydrogen (secondary N) is 3. The number of carbonyl (C=O) groups is 1. The molecule has 218 valence electrons. The Bertz CT molecular complexity index is 802. The van der Waals surface area contributed by atoms with E-state index in [2.05, 4.69) is 20.9 Å². The Morgan fingerprint density at radius 3 is 2.34 bits per heavy atom. The Hall–Kier alpha value is -1.46. The van der Waals surface area contributed by atoms with Crippen LogP contribution in [-0.2, 0) is 14.3 Å². The molecule has 2 aliphatic heterocycles. The van der Waals surface area contributed by atoms with Gasteiger partial charge in [-0.2, -0.15) is 13.2 Å². The number of methoxy groups -OCH3 is 2. The summed E-state index contributed by atoms with van der Waals surface area (Å²) in [6, 6.07) is -1.09. The molecule has 0 spiro atoms. The normalized spacial score (nSPS) is 38.5. The fourth-order valence-corrected chi connectivity index (χ4v) is 7.02. The van der Waals surface area contributed by atoms with E-state index in [0.29, 0.717) is 25.9 Å². The average Bonchev–Trinajstić information content (AvgIpc) is 3.43. The van der Waals surface area contributed by atoms with Gasteiger partial charge in [-0.15, -0.1) is 0 Å². The molecule has 2 saturated carbocycles. The van der Waals surface area contributed by atoms with E-state index in [9.17, 15) is 22.4 Å². The number of ether oxygens (including phenoxy) is 2. The molecule has 8 atom stereocenters. The molecule has 3 fully saturated rings. The van der Waals surface area contributed by atoms with Crippen LogP contribution in [0.15, 0.2) is 4.99 Å². The van der Waals surface area contributed by atoms with Gasteiger partial charge in [0, 0.05) is 46.3 Å². The lowest BCUT2D eigenvalue weighted by molar-refractivity contribution is -0.206. The van der Waals surface area contributed by atoms with Gasteiger partial charge in [-0.05, 0) is 75.5 Å². The fourth-order valence-electron chi connectivity index (χ4n) is 7.02. The number of amides is 1. The number of rotatable bonds is 8. The zero-order valence-electron chi connectivity index (χ0n) is 22.6. The third-order valence-corrected chi connectivity index (χ3v) is 9.08. The van der Waals surface area contributed by atoms with Crippen LogP contribution in [0.2, 0.25) is 0 Å². The lowest BCUT2D eigenvalue weighted by Gasteiger charge is -2.45. The first kappa shape index (κ1) is 29.5. The molecule has 2 heterocycles. The third-order valence-electron chi connectivity index (χ3n) is 9.08. The molecule has 0 bridgehead atoms. The van der Waals surface area contributed by atoms with Crippen molar-refractivity contribution in [1.29, 1.82) is 0 Å². The summed E-state index contributed by atoms with van der Waals surface area (Å²) in [5.41, 5.74) is 0. The van der Waals surface area contributed by atoms with Gasteiger partial charge in [-0.1, -0.05) is 0 Å². The SMILES string of the molecule is COC1CC(CNC(=O)C2CC(CNC3=NCCC3)CC(C3CCC(F)CC3C(F)(F)F)N2)CC(OC)C1. The molecule has 38 heavy (non-hydrogen) atoms. The van der Waals surface area contributed by atoms with Gasteiger partial charge in [-0.25, -0.2) is 4.39 Å². The van der Waals surface area contributed by atoms with Crippen molar-refractivity contribution in [2.24, 2.45) is 28.7 Å². The van der Waals surface area contributed by atoms with Gasteiger partial charge in [-0.3, -0.25) is 9.79 Å². The zero-order chi connectivity index (χ0) is 27.3. The van der Waals surface area contributed by atoms with Gasteiger partial charge < -0.3 is 25.4 Å². The first-order valence-corrected chi connectivity index (χ1v) is 14.2. The molecule has 3 N–H and O–H groups in total. The van der Waals surface area contributed by atoms with Crippen molar-refractivity contribution in [3.8, 4) is 0 Å². The highest BCUT2D eigenvalue weighted by Gasteiger charge is 2.51. The van der Waals surface area contributed by atoms with E-state index in [4.69, 9.17) is 9.47 Å². The van der Waals surface area contributed by atoms with Crippen LogP contribution in [0.1, 0.15) is 64.2 Å². The summed E-state index contributed by atoms with van der Waals surface area (Å²) in [5, 5.41) is 9.72. The van der Waals surface area contributed by atoms with E-state index in [1.807, 2.05) is 0 Å². The number of alkyl halides is 4. The van der Waals surface area contributed by atoms with Crippen molar-refractivity contribution in [3.05, 3.63) is 0 Å². The first-order chi connectivity index (χ1) is 18.2. The number of piperidine rings is 1. The molecule has 4 aliphatic rings. The minimum Gasteiger partial charge on any atom is -0.381 e. The minimum absolute atomic E-state index is 0.0164. The quantitative estimate of drug-likeness (QED) is 0.403. The number of hydrogen-bond donors (Lipinski definition) is 3. The van der Waals surface area contributed by atoms with Crippen LogP contribution >= 0.6 is 0 Å². The van der Waals surface area contributed by atoms with Gasteiger partial charge in [0.2, 0.25) is 5.91 Å². The molecule has 0 aromatic carbocycles. The Balaban J connectivity index is 1.42. The van der Waals surface area contributed by atoms with Gasteiger partial charge in [0.25, 0.3) is 0 Å². The Labute approximate surface area is 223 Å². The molecule has 1 amide bonds. The average molecular weight is 549 g/mol. The second-order valence-electron chi connectivity index (χ2n) is 11.7. The standard InChI is InChI=1S/C27H44F4N4O3/c1-37-19-8-16(9-20(13-19)38-2)15-34-26(36)24-11-17(14-33-25-4-3-7-32-25)10-23(35-24)21-6-5-18(28)12-22(21)27(29,30)31/h16-24,35H,3-15H2,1-2H3,(H,32,33)(H,34,36). The van der Waals surface area contributed by atoms with E-state index in [-0.39, 0.29) is 42.8 Å². The van der Waals surface area contributed by atoms with Gasteiger partial charge in [0.1, 0.15) is 6.17 Å². The summed E-state index contributed by atoms with van der Waals surface area (Å²) in [7, 11) is 3.36. The van der Waals surface area contributed by atoms with Crippen LogP contribution in [0.4, 0.5) is 17.6 Å². The van der Waals surface area contributed by atoms with Crippen LogP contribution in [0.25, 0.3) is 0 Å². The number of aliphatic imine (C=N–C) groups is 1. The molecule has 1 saturated heterocycles. The largest absolute Gasteiger partial charge is 0.392 e. The molecular formula is C27H44F4N4O3. The smallest absolute Gasteiger partial charge is 0.381 e. The van der Waals surface area contributed by atoms with Crippen LogP contribution < -0.4 is 16.0 Å². The molecule has 4 rings (SSSR count). The molecule has 0 aromatic heterocycles. The molecule has 0 aromatic rings. The van der Waals surface area contributed by atoms with Crippen LogP contribution in [0.3, 0.4) is 0 Å². The van der Waals surface area contributed by atoms with Crippen molar-refractivity contribution in [1.82, 2.24) is 16.0 Å². The predicted molar refractivity (Wildman–Crippen MR) is 137 cm³/mol. The predicted octanol–water partition coefficient (Wildman–Crippen LogP) is 3.77. The maximum Gasteiger partial charge on any atom is 0.392 e. The van der Waals surface area contributed by atoms with Crippen LogP contribution in [-0.4, -0.2) is 82.2 Å². The van der Waals surface area contributed by atoms with Gasteiger partial charge >= 0.3 is 6.18 Å². The maximum absolute atomic E-state index is 14.0. The van der Waals surface area contributed by atoms with E-state index in [1.165, 1.54) is 0 Å². The summed E-state index contributed by atoms with van der Waals surface area (Å²) in [5.74, 6) is -1.47. The van der Waals surface area contributed by atoms with Crippen molar-refractivity contribution < 1.29 is 31.8 Å². The van der Waals surface area contributed by atoms with Gasteiger partial charge in [0.05, 0.1) is 30.0 Å². The molecule has 0 radical (unpaired) electrons. The summed E-state index contributed by atoms with van der Waals surface area (Å²) in [6.45, 7) is 1.83. The number of amidine groups is 1. The monoisotopic (exact) mass is 548 g/mol. The highest BCUT2D eigenvalue weighted by atomic mass is 19.4.